The molecule has 0 aliphatic heterocycles. The van der Waals surface area contributed by atoms with Gasteiger partial charge in [-0.25, -0.2) is 19.2 Å². The van der Waals surface area contributed by atoms with E-state index >= 15 is 0 Å². The van der Waals surface area contributed by atoms with Gasteiger partial charge in [0.1, 0.15) is 5.82 Å². The smallest absolute Gasteiger partial charge is 0.354 e. The molecule has 0 amide bonds. The summed E-state index contributed by atoms with van der Waals surface area (Å²) >= 11 is 5.73. The molecule has 4 nitrogen and oxygen atoms in total. The first kappa shape index (κ1) is 12.4. The summed E-state index contributed by atoms with van der Waals surface area (Å²) in [6.07, 6.45) is 0. The van der Waals surface area contributed by atoms with Crippen LogP contribution in [0.5, 0.6) is 0 Å². The van der Waals surface area contributed by atoms with Gasteiger partial charge in [0.05, 0.1) is 0 Å². The normalized spacial score (nSPS) is 10.4. The first-order valence-electron chi connectivity index (χ1n) is 5.01. The molecule has 18 heavy (non-hydrogen) atoms. The van der Waals surface area contributed by atoms with Gasteiger partial charge in [0.2, 0.25) is 0 Å². The minimum Gasteiger partial charge on any atom is -0.477 e. The number of rotatable bonds is 2. The molecule has 0 saturated carbocycles. The number of hydrogen-bond donors (Lipinski definition) is 1. The van der Waals surface area contributed by atoms with Crippen LogP contribution in [-0.4, -0.2) is 21.0 Å². The lowest BCUT2D eigenvalue weighted by molar-refractivity contribution is 0.0690. The highest BCUT2D eigenvalue weighted by Gasteiger charge is 2.11. The monoisotopic (exact) mass is 266 g/mol. The summed E-state index contributed by atoms with van der Waals surface area (Å²) < 4.78 is 13.2. The van der Waals surface area contributed by atoms with Crippen molar-refractivity contribution in [2.75, 3.05) is 0 Å². The zero-order valence-corrected chi connectivity index (χ0v) is 10.1. The second kappa shape index (κ2) is 4.70. The highest BCUT2D eigenvalue weighted by Crippen LogP contribution is 2.22. The molecule has 0 atom stereocenters. The molecule has 0 unspecified atom stereocenters. The predicted octanol–water partition coefficient (Wildman–Crippen LogP) is 2.94. The Bertz CT molecular complexity index is 611. The summed E-state index contributed by atoms with van der Waals surface area (Å²) in [6.45, 7) is 1.64. The molecule has 0 spiro atoms. The van der Waals surface area contributed by atoms with Gasteiger partial charge in [-0.3, -0.25) is 0 Å². The number of carboxylic acids is 1. The molecule has 1 N–H and O–H groups in total. The first-order chi connectivity index (χ1) is 8.45. The van der Waals surface area contributed by atoms with Gasteiger partial charge in [-0.2, -0.15) is 0 Å². The summed E-state index contributed by atoms with van der Waals surface area (Å²) in [5.41, 5.74) is 0.682. The van der Waals surface area contributed by atoms with Crippen LogP contribution in [0.1, 0.15) is 16.2 Å². The number of aryl methyl sites for hydroxylation is 1. The van der Waals surface area contributed by atoms with Crippen LogP contribution in [0.3, 0.4) is 0 Å². The molecule has 0 aliphatic carbocycles. The Kier molecular flexibility index (Phi) is 3.25. The fraction of sp³-hybridized carbons (Fsp3) is 0.0833. The molecule has 92 valence electrons. The minimum atomic E-state index is -1.16. The van der Waals surface area contributed by atoms with Gasteiger partial charge in [0.25, 0.3) is 0 Å². The van der Waals surface area contributed by atoms with E-state index in [0.717, 1.165) is 6.07 Å². The lowest BCUT2D eigenvalue weighted by atomic mass is 10.2. The standard InChI is InChI=1S/C12H8ClFN2O2/c1-6-2-10(12(17)18)16-11(15-6)7-3-8(13)5-9(14)4-7/h2-5H,1H3,(H,17,18). The van der Waals surface area contributed by atoms with E-state index in [2.05, 4.69) is 9.97 Å². The number of carboxylic acid groups (broad SMARTS) is 1. The summed E-state index contributed by atoms with van der Waals surface area (Å²) in [5.74, 6) is -1.56. The Morgan fingerprint density at radius 3 is 2.61 bits per heavy atom. The van der Waals surface area contributed by atoms with Crippen molar-refractivity contribution in [1.82, 2.24) is 9.97 Å². The number of benzene rings is 1. The topological polar surface area (TPSA) is 63.1 Å². The van der Waals surface area contributed by atoms with Gasteiger partial charge >= 0.3 is 5.97 Å². The van der Waals surface area contributed by atoms with E-state index in [1.165, 1.54) is 18.2 Å². The molecule has 0 bridgehead atoms. The van der Waals surface area contributed by atoms with Gasteiger partial charge < -0.3 is 5.11 Å². The van der Waals surface area contributed by atoms with Crippen molar-refractivity contribution in [2.45, 2.75) is 6.92 Å². The average molecular weight is 267 g/mol. The van der Waals surface area contributed by atoms with E-state index in [-0.39, 0.29) is 16.5 Å². The fourth-order valence-electron chi connectivity index (χ4n) is 1.49. The average Bonchev–Trinajstić information content (AvgIpc) is 2.26. The van der Waals surface area contributed by atoms with Gasteiger partial charge in [-0.15, -0.1) is 0 Å². The summed E-state index contributed by atoms with van der Waals surface area (Å²) in [4.78, 5) is 18.8. The third kappa shape index (κ3) is 2.62. The summed E-state index contributed by atoms with van der Waals surface area (Å²) in [6, 6.07) is 5.17. The molecule has 1 heterocycles. The van der Waals surface area contributed by atoms with Crippen molar-refractivity contribution in [2.24, 2.45) is 0 Å². The summed E-state index contributed by atoms with van der Waals surface area (Å²) in [7, 11) is 0. The van der Waals surface area contributed by atoms with Crippen molar-refractivity contribution < 1.29 is 14.3 Å². The van der Waals surface area contributed by atoms with Gasteiger partial charge in [0, 0.05) is 16.3 Å². The largest absolute Gasteiger partial charge is 0.477 e. The molecule has 6 heteroatoms. The third-order valence-electron chi connectivity index (χ3n) is 2.19. The molecule has 1 aromatic carbocycles. The van der Waals surface area contributed by atoms with E-state index < -0.39 is 11.8 Å². The molecule has 2 aromatic rings. The number of hydrogen-bond acceptors (Lipinski definition) is 3. The zero-order chi connectivity index (χ0) is 13.3. The molecular weight excluding hydrogens is 259 g/mol. The van der Waals surface area contributed by atoms with Crippen LogP contribution in [0.15, 0.2) is 24.3 Å². The van der Waals surface area contributed by atoms with Gasteiger partial charge in [0.15, 0.2) is 11.5 Å². The molecule has 0 aliphatic rings. The molecule has 0 fully saturated rings. The highest BCUT2D eigenvalue weighted by molar-refractivity contribution is 6.30. The van der Waals surface area contributed by atoms with Crippen molar-refractivity contribution in [3.05, 3.63) is 46.5 Å². The van der Waals surface area contributed by atoms with Gasteiger partial charge in [-0.05, 0) is 31.2 Å². The van der Waals surface area contributed by atoms with E-state index in [9.17, 15) is 9.18 Å². The number of nitrogens with zero attached hydrogens (tertiary/aromatic N) is 2. The zero-order valence-electron chi connectivity index (χ0n) is 9.32. The van der Waals surface area contributed by atoms with Crippen LogP contribution in [0.2, 0.25) is 5.02 Å². The quantitative estimate of drug-likeness (QED) is 0.908. The SMILES string of the molecule is Cc1cc(C(=O)O)nc(-c2cc(F)cc(Cl)c2)n1. The Balaban J connectivity index is 2.59. The Morgan fingerprint density at radius 2 is 2.00 bits per heavy atom. The number of carbonyl (C=O) groups is 1. The van der Waals surface area contributed by atoms with Crippen molar-refractivity contribution in [3.63, 3.8) is 0 Å². The van der Waals surface area contributed by atoms with E-state index in [0.29, 0.717) is 11.3 Å². The Labute approximate surface area is 107 Å². The number of aromatic carboxylic acids is 1. The van der Waals surface area contributed by atoms with E-state index in [4.69, 9.17) is 16.7 Å². The van der Waals surface area contributed by atoms with Crippen LogP contribution in [0.25, 0.3) is 11.4 Å². The Hall–Kier alpha value is -2.01. The Morgan fingerprint density at radius 1 is 1.28 bits per heavy atom. The van der Waals surface area contributed by atoms with Crippen LogP contribution >= 0.6 is 11.6 Å². The van der Waals surface area contributed by atoms with Crippen molar-refractivity contribution in [1.29, 1.82) is 0 Å². The molecular formula is C12H8ClFN2O2. The van der Waals surface area contributed by atoms with Crippen molar-refractivity contribution >= 4 is 17.6 Å². The second-order valence-electron chi connectivity index (χ2n) is 3.68. The van der Waals surface area contributed by atoms with E-state index in [1.807, 2.05) is 0 Å². The van der Waals surface area contributed by atoms with Crippen LogP contribution in [0, 0.1) is 12.7 Å². The number of aromatic nitrogens is 2. The predicted molar refractivity (Wildman–Crippen MR) is 64.1 cm³/mol. The van der Waals surface area contributed by atoms with Crippen LogP contribution in [-0.2, 0) is 0 Å². The second-order valence-corrected chi connectivity index (χ2v) is 4.12. The van der Waals surface area contributed by atoms with Crippen molar-refractivity contribution in [3.8, 4) is 11.4 Å². The van der Waals surface area contributed by atoms with Gasteiger partial charge in [-0.1, -0.05) is 11.6 Å². The first-order valence-corrected chi connectivity index (χ1v) is 5.39. The lowest BCUT2D eigenvalue weighted by Gasteiger charge is -2.04. The fourth-order valence-corrected chi connectivity index (χ4v) is 1.71. The molecule has 0 radical (unpaired) electrons. The van der Waals surface area contributed by atoms with Crippen LogP contribution < -0.4 is 0 Å². The molecule has 1 aromatic heterocycles. The maximum atomic E-state index is 13.2. The van der Waals surface area contributed by atoms with Crippen LogP contribution in [0.4, 0.5) is 4.39 Å². The summed E-state index contributed by atoms with van der Waals surface area (Å²) in [5, 5.41) is 9.10. The third-order valence-corrected chi connectivity index (χ3v) is 2.41. The maximum absolute atomic E-state index is 13.2. The molecule has 2 rings (SSSR count). The number of halogens is 2. The molecule has 0 saturated heterocycles. The lowest BCUT2D eigenvalue weighted by Crippen LogP contribution is -2.04. The highest BCUT2D eigenvalue weighted by atomic mass is 35.5. The minimum absolute atomic E-state index is 0.133. The maximum Gasteiger partial charge on any atom is 0.354 e. The van der Waals surface area contributed by atoms with E-state index in [1.54, 1.807) is 6.92 Å².